The third-order valence-electron chi connectivity index (χ3n) is 3.09. The van der Waals surface area contributed by atoms with Crippen molar-refractivity contribution in [2.45, 2.75) is 12.8 Å². The molecular weight excluding hydrogens is 344 g/mol. The van der Waals surface area contributed by atoms with Crippen molar-refractivity contribution in [3.63, 3.8) is 0 Å². The molecule has 0 aliphatic heterocycles. The summed E-state index contributed by atoms with van der Waals surface area (Å²) in [5, 5.41) is 52.7. The van der Waals surface area contributed by atoms with Crippen molar-refractivity contribution in [3.05, 3.63) is 53.6 Å². The fourth-order valence-corrected chi connectivity index (χ4v) is 1.79. The van der Waals surface area contributed by atoms with E-state index in [1.165, 1.54) is 36.4 Å². The molecule has 0 bridgehead atoms. The Hall–Kier alpha value is -3.68. The van der Waals surface area contributed by atoms with E-state index in [-0.39, 0.29) is 29.4 Å². The lowest BCUT2D eigenvalue weighted by Gasteiger charge is -2.01. The van der Waals surface area contributed by atoms with E-state index in [4.69, 9.17) is 30.6 Å². The van der Waals surface area contributed by atoms with Gasteiger partial charge in [-0.25, -0.2) is 4.79 Å². The Kier molecular flexibility index (Phi) is 7.50. The molecule has 2 rings (SSSR count). The largest absolute Gasteiger partial charge is 0.504 e. The minimum atomic E-state index is -1.06. The SMILES string of the molecule is O=C(O)/C=C/c1ccc(O)c(O)c1.O=C(O)CCc1ccc(O)c(O)c1. The van der Waals surface area contributed by atoms with Crippen LogP contribution in [0.15, 0.2) is 42.5 Å². The first-order valence-corrected chi connectivity index (χ1v) is 7.34. The summed E-state index contributed by atoms with van der Waals surface area (Å²) < 4.78 is 0. The maximum Gasteiger partial charge on any atom is 0.328 e. The van der Waals surface area contributed by atoms with Gasteiger partial charge in [0.2, 0.25) is 0 Å². The maximum absolute atomic E-state index is 10.2. The number of carboxylic acids is 2. The van der Waals surface area contributed by atoms with E-state index >= 15 is 0 Å². The summed E-state index contributed by atoms with van der Waals surface area (Å²) in [5.74, 6) is -2.86. The van der Waals surface area contributed by atoms with Crippen LogP contribution in [0, 0.1) is 0 Å². The highest BCUT2D eigenvalue weighted by Gasteiger charge is 2.02. The third-order valence-corrected chi connectivity index (χ3v) is 3.09. The van der Waals surface area contributed by atoms with Gasteiger partial charge >= 0.3 is 11.9 Å². The minimum Gasteiger partial charge on any atom is -0.504 e. The van der Waals surface area contributed by atoms with Gasteiger partial charge in [-0.15, -0.1) is 0 Å². The lowest BCUT2D eigenvalue weighted by atomic mass is 10.1. The number of hydrogen-bond acceptors (Lipinski definition) is 6. The molecule has 0 aliphatic carbocycles. The third kappa shape index (κ3) is 7.26. The number of rotatable bonds is 5. The zero-order valence-corrected chi connectivity index (χ0v) is 13.5. The highest BCUT2D eigenvalue weighted by molar-refractivity contribution is 5.85. The van der Waals surface area contributed by atoms with E-state index in [0.717, 1.165) is 6.08 Å². The lowest BCUT2D eigenvalue weighted by Crippen LogP contribution is -1.96. The van der Waals surface area contributed by atoms with Crippen molar-refractivity contribution < 1.29 is 40.2 Å². The maximum atomic E-state index is 10.2. The molecule has 2 aromatic carbocycles. The molecule has 0 saturated heterocycles. The van der Waals surface area contributed by atoms with Crippen LogP contribution in [0.4, 0.5) is 0 Å². The second-order valence-electron chi connectivity index (χ2n) is 5.14. The number of phenolic OH excluding ortho intramolecular Hbond substituents is 4. The van der Waals surface area contributed by atoms with Crippen molar-refractivity contribution >= 4 is 18.0 Å². The molecular formula is C18H18O8. The number of hydrogen-bond donors (Lipinski definition) is 6. The Morgan fingerprint density at radius 3 is 1.88 bits per heavy atom. The molecule has 0 unspecified atom stereocenters. The van der Waals surface area contributed by atoms with Crippen molar-refractivity contribution in [2.24, 2.45) is 0 Å². The first-order valence-electron chi connectivity index (χ1n) is 7.34. The molecule has 8 nitrogen and oxygen atoms in total. The summed E-state index contributed by atoms with van der Waals surface area (Å²) in [6, 6.07) is 8.34. The molecule has 0 fully saturated rings. The zero-order chi connectivity index (χ0) is 19.7. The van der Waals surface area contributed by atoms with Gasteiger partial charge < -0.3 is 30.6 Å². The average Bonchev–Trinajstić information content (AvgIpc) is 2.57. The molecule has 0 radical (unpaired) electrons. The van der Waals surface area contributed by atoms with E-state index in [1.807, 2.05) is 0 Å². The lowest BCUT2D eigenvalue weighted by molar-refractivity contribution is -0.137. The van der Waals surface area contributed by atoms with Crippen LogP contribution in [0.1, 0.15) is 17.5 Å². The molecule has 0 spiro atoms. The van der Waals surface area contributed by atoms with Gasteiger partial charge in [0.05, 0.1) is 0 Å². The normalized spacial score (nSPS) is 10.2. The summed E-state index contributed by atoms with van der Waals surface area (Å²) in [5.41, 5.74) is 1.20. The Morgan fingerprint density at radius 2 is 1.38 bits per heavy atom. The molecule has 26 heavy (non-hydrogen) atoms. The summed E-state index contributed by atoms with van der Waals surface area (Å²) in [6.07, 6.45) is 2.64. The van der Waals surface area contributed by atoms with Gasteiger partial charge in [0.25, 0.3) is 0 Å². The van der Waals surface area contributed by atoms with Gasteiger partial charge in [-0.3, -0.25) is 4.79 Å². The van der Waals surface area contributed by atoms with Crippen molar-refractivity contribution in [1.29, 1.82) is 0 Å². The first-order chi connectivity index (χ1) is 12.2. The van der Waals surface area contributed by atoms with Crippen LogP contribution in [0.25, 0.3) is 6.08 Å². The molecule has 8 heteroatoms. The number of phenols is 4. The number of aliphatic carboxylic acids is 2. The van der Waals surface area contributed by atoms with Gasteiger partial charge in [-0.1, -0.05) is 12.1 Å². The van der Waals surface area contributed by atoms with Crippen molar-refractivity contribution in [2.75, 3.05) is 0 Å². The Bertz CT molecular complexity index is 811. The number of aromatic hydroxyl groups is 4. The van der Waals surface area contributed by atoms with Gasteiger partial charge in [-0.05, 0) is 47.9 Å². The number of carboxylic acid groups (broad SMARTS) is 2. The van der Waals surface area contributed by atoms with E-state index in [1.54, 1.807) is 6.07 Å². The highest BCUT2D eigenvalue weighted by atomic mass is 16.4. The van der Waals surface area contributed by atoms with Gasteiger partial charge in [0, 0.05) is 12.5 Å². The number of aryl methyl sites for hydroxylation is 1. The molecule has 0 aromatic heterocycles. The Morgan fingerprint density at radius 1 is 0.808 bits per heavy atom. The second kappa shape index (κ2) is 9.58. The molecule has 0 atom stereocenters. The number of carbonyl (C=O) groups is 2. The topological polar surface area (TPSA) is 156 Å². The molecule has 0 saturated carbocycles. The number of benzene rings is 2. The Balaban J connectivity index is 0.000000260. The summed E-state index contributed by atoms with van der Waals surface area (Å²) in [6.45, 7) is 0. The van der Waals surface area contributed by atoms with Crippen LogP contribution in [0.3, 0.4) is 0 Å². The van der Waals surface area contributed by atoms with Crippen LogP contribution >= 0.6 is 0 Å². The van der Waals surface area contributed by atoms with E-state index in [2.05, 4.69) is 0 Å². The fourth-order valence-electron chi connectivity index (χ4n) is 1.79. The summed E-state index contributed by atoms with van der Waals surface area (Å²) in [4.78, 5) is 20.3. The fraction of sp³-hybridized carbons (Fsp3) is 0.111. The quantitative estimate of drug-likeness (QED) is 0.349. The molecule has 138 valence electrons. The second-order valence-corrected chi connectivity index (χ2v) is 5.14. The summed E-state index contributed by atoms with van der Waals surface area (Å²) >= 11 is 0. The van der Waals surface area contributed by atoms with E-state index in [0.29, 0.717) is 17.5 Å². The van der Waals surface area contributed by atoms with Gasteiger partial charge in [0.15, 0.2) is 23.0 Å². The van der Waals surface area contributed by atoms with Crippen molar-refractivity contribution in [3.8, 4) is 23.0 Å². The van der Waals surface area contributed by atoms with E-state index in [9.17, 15) is 9.59 Å². The van der Waals surface area contributed by atoms with Gasteiger partial charge in [-0.2, -0.15) is 0 Å². The smallest absolute Gasteiger partial charge is 0.328 e. The molecule has 0 heterocycles. The molecule has 2 aromatic rings. The van der Waals surface area contributed by atoms with Crippen LogP contribution in [-0.4, -0.2) is 42.6 Å². The van der Waals surface area contributed by atoms with E-state index < -0.39 is 11.9 Å². The van der Waals surface area contributed by atoms with Crippen molar-refractivity contribution in [1.82, 2.24) is 0 Å². The van der Waals surface area contributed by atoms with Gasteiger partial charge in [0.1, 0.15) is 0 Å². The Labute approximate surface area is 148 Å². The highest BCUT2D eigenvalue weighted by Crippen LogP contribution is 2.26. The molecule has 0 aliphatic rings. The first kappa shape index (κ1) is 20.4. The van der Waals surface area contributed by atoms with Crippen LogP contribution in [-0.2, 0) is 16.0 Å². The predicted molar refractivity (Wildman–Crippen MR) is 92.2 cm³/mol. The minimum absolute atomic E-state index is 0.0181. The summed E-state index contributed by atoms with van der Waals surface area (Å²) in [7, 11) is 0. The van der Waals surface area contributed by atoms with Crippen LogP contribution < -0.4 is 0 Å². The van der Waals surface area contributed by atoms with Crippen LogP contribution in [0.5, 0.6) is 23.0 Å². The van der Waals surface area contributed by atoms with Crippen LogP contribution in [0.2, 0.25) is 0 Å². The predicted octanol–water partition coefficient (Wildman–Crippen LogP) is 2.31. The average molecular weight is 362 g/mol. The monoisotopic (exact) mass is 362 g/mol. The zero-order valence-electron chi connectivity index (χ0n) is 13.5. The molecule has 6 N–H and O–H groups in total. The standard InChI is InChI=1S/C9H10O4.C9H8O4/c2*10-7-3-1-6(5-8(7)11)2-4-9(12)13/h1,3,5,10-11H,2,4H2,(H,12,13);1-5,10-11H,(H,12,13)/b;4-2+. The molecule has 0 amide bonds.